The van der Waals surface area contributed by atoms with Gasteiger partial charge in [0.2, 0.25) is 5.91 Å². The second kappa shape index (κ2) is 55.0. The van der Waals surface area contributed by atoms with E-state index in [1.54, 1.807) is 6.08 Å². The molecule has 0 heterocycles. The molecule has 0 bridgehead atoms. The number of hydrogen-bond acceptors (Lipinski definition) is 6. The summed E-state index contributed by atoms with van der Waals surface area (Å²) < 4.78 is 23.4. The summed E-state index contributed by atoms with van der Waals surface area (Å²) in [4.78, 5) is 25.5. The monoisotopic (exact) mass is 1040 g/mol. The first-order chi connectivity index (χ1) is 35.5. The quantitative estimate of drug-likeness (QED) is 0.0272. The zero-order valence-electron chi connectivity index (χ0n) is 48.8. The van der Waals surface area contributed by atoms with Crippen LogP contribution in [0.5, 0.6) is 0 Å². The Bertz CT molecular complexity index is 1370. The molecule has 0 fully saturated rings. The van der Waals surface area contributed by atoms with E-state index in [-0.39, 0.29) is 12.5 Å². The summed E-state index contributed by atoms with van der Waals surface area (Å²) >= 11 is 0. The second-order valence-electron chi connectivity index (χ2n) is 22.4. The van der Waals surface area contributed by atoms with Crippen molar-refractivity contribution in [2.75, 3.05) is 40.9 Å². The maximum atomic E-state index is 13.0. The summed E-state index contributed by atoms with van der Waals surface area (Å²) in [6.07, 6.45) is 74.6. The molecule has 1 amide bonds. The lowest BCUT2D eigenvalue weighted by atomic mass is 10.0. The second-order valence-corrected chi connectivity index (χ2v) is 23.8. The van der Waals surface area contributed by atoms with Crippen molar-refractivity contribution in [3.05, 3.63) is 60.8 Å². The number of hydrogen-bond donors (Lipinski definition) is 2. The van der Waals surface area contributed by atoms with Crippen LogP contribution in [0.15, 0.2) is 60.8 Å². The molecule has 0 radical (unpaired) electrons. The zero-order chi connectivity index (χ0) is 53.5. The summed E-state index contributed by atoms with van der Waals surface area (Å²) in [7, 11) is 1.24. The number of likely N-dealkylation sites (N-methyl/N-ethyl adjacent to an activating group) is 1. The molecule has 0 saturated carbocycles. The Morgan fingerprint density at radius 3 is 1.19 bits per heavy atom. The highest BCUT2D eigenvalue weighted by atomic mass is 31.2. The number of rotatable bonds is 57. The molecule has 0 aliphatic heterocycles. The van der Waals surface area contributed by atoms with E-state index in [4.69, 9.17) is 9.05 Å². The Hall–Kier alpha value is -1.80. The molecule has 0 spiro atoms. The Kier molecular flexibility index (Phi) is 53.6. The van der Waals surface area contributed by atoms with Crippen molar-refractivity contribution in [2.45, 2.75) is 302 Å². The molecule has 0 saturated heterocycles. The Balaban J connectivity index is 4.23. The lowest BCUT2D eigenvalue weighted by Crippen LogP contribution is -2.45. The van der Waals surface area contributed by atoms with Gasteiger partial charge in [-0.2, -0.15) is 0 Å². The number of aliphatic hydroxyl groups is 1. The summed E-state index contributed by atoms with van der Waals surface area (Å²) in [6, 6.07) is -0.914. The summed E-state index contributed by atoms with van der Waals surface area (Å²) in [6.45, 7) is 4.64. The summed E-state index contributed by atoms with van der Waals surface area (Å²) in [5.41, 5.74) is 0. The molecule has 0 aromatic heterocycles. The van der Waals surface area contributed by atoms with Gasteiger partial charge in [-0.25, -0.2) is 0 Å². The number of amides is 1. The molecule has 2 N–H and O–H groups in total. The lowest BCUT2D eigenvalue weighted by Gasteiger charge is -2.29. The largest absolute Gasteiger partial charge is 0.756 e. The smallest absolute Gasteiger partial charge is 0.268 e. The lowest BCUT2D eigenvalue weighted by molar-refractivity contribution is -0.870. The Morgan fingerprint density at radius 1 is 0.479 bits per heavy atom. The van der Waals surface area contributed by atoms with Gasteiger partial charge in [-0.3, -0.25) is 9.36 Å². The van der Waals surface area contributed by atoms with Gasteiger partial charge in [0.25, 0.3) is 7.82 Å². The molecule has 0 aromatic carbocycles. The molecule has 0 aromatic rings. The minimum Gasteiger partial charge on any atom is -0.756 e. The molecular weight excluding hydrogens is 924 g/mol. The first-order valence-corrected chi connectivity index (χ1v) is 32.6. The van der Waals surface area contributed by atoms with Crippen LogP contribution in [-0.4, -0.2) is 68.5 Å². The van der Waals surface area contributed by atoms with Gasteiger partial charge in [-0.1, -0.05) is 267 Å². The van der Waals surface area contributed by atoms with Crippen LogP contribution in [-0.2, 0) is 18.4 Å². The molecule has 8 nitrogen and oxygen atoms in total. The van der Waals surface area contributed by atoms with Crippen LogP contribution >= 0.6 is 7.82 Å². The van der Waals surface area contributed by atoms with Crippen LogP contribution in [0.3, 0.4) is 0 Å². The van der Waals surface area contributed by atoms with E-state index in [1.165, 1.54) is 218 Å². The highest BCUT2D eigenvalue weighted by Gasteiger charge is 2.23. The van der Waals surface area contributed by atoms with Crippen molar-refractivity contribution < 1.29 is 32.9 Å². The Morgan fingerprint density at radius 2 is 0.808 bits per heavy atom. The van der Waals surface area contributed by atoms with Crippen molar-refractivity contribution in [1.29, 1.82) is 0 Å². The van der Waals surface area contributed by atoms with E-state index in [0.29, 0.717) is 17.4 Å². The van der Waals surface area contributed by atoms with E-state index in [9.17, 15) is 19.4 Å². The number of carbonyl (C=O) groups is 1. The van der Waals surface area contributed by atoms with Gasteiger partial charge in [-0.15, -0.1) is 0 Å². The number of nitrogens with zero attached hydrogens (tertiary/aromatic N) is 1. The maximum absolute atomic E-state index is 13.0. The standard InChI is InChI=1S/C64H121N2O6P/c1-6-8-10-12-14-16-18-20-22-24-26-28-30-31-32-33-34-36-37-39-41-43-45-47-49-51-53-55-57-63(67)62(61-72-73(69,70)71-60-59-66(3,4)5)65-64(68)58-56-54-52-50-48-46-44-42-40-38-35-29-27-25-23-21-19-17-15-13-11-9-7-2/h19,21,25,27,39,41,47,49,55,57,62-63,67H,6-18,20,22-24,26,28-38,40,42-46,48,50-54,56,58-61H2,1-5H3,(H-,65,68,69,70)/b21-19-,27-25-,41-39+,49-47+,57-55+. The van der Waals surface area contributed by atoms with Crippen molar-refractivity contribution in [1.82, 2.24) is 5.32 Å². The van der Waals surface area contributed by atoms with Gasteiger partial charge < -0.3 is 28.8 Å². The average molecular weight is 1050 g/mol. The molecule has 0 rings (SSSR count). The third-order valence-corrected chi connectivity index (χ3v) is 14.9. The van der Waals surface area contributed by atoms with Crippen molar-refractivity contribution >= 4 is 13.7 Å². The molecule has 3 unspecified atom stereocenters. The molecule has 3 atom stereocenters. The number of phosphoric ester groups is 1. The number of phosphoric acid groups is 1. The molecular formula is C64H121N2O6P. The number of carbonyl (C=O) groups excluding carboxylic acids is 1. The Labute approximate surface area is 453 Å². The predicted octanol–water partition coefficient (Wildman–Crippen LogP) is 18.6. The average Bonchev–Trinajstić information content (AvgIpc) is 3.35. The summed E-state index contributed by atoms with van der Waals surface area (Å²) in [5, 5.41) is 13.9. The number of unbranched alkanes of at least 4 members (excludes halogenated alkanes) is 36. The van der Waals surface area contributed by atoms with Crippen molar-refractivity contribution in [3.8, 4) is 0 Å². The fourth-order valence-electron chi connectivity index (χ4n) is 9.04. The fourth-order valence-corrected chi connectivity index (χ4v) is 9.76. The van der Waals surface area contributed by atoms with Crippen molar-refractivity contribution in [2.24, 2.45) is 0 Å². The van der Waals surface area contributed by atoms with Gasteiger partial charge in [0, 0.05) is 6.42 Å². The van der Waals surface area contributed by atoms with Crippen LogP contribution in [0.1, 0.15) is 290 Å². The third-order valence-electron chi connectivity index (χ3n) is 13.9. The number of nitrogens with one attached hydrogen (secondary N) is 1. The molecule has 9 heteroatoms. The summed E-state index contributed by atoms with van der Waals surface area (Å²) in [5.74, 6) is -0.212. The minimum absolute atomic E-state index is 0.0107. The topological polar surface area (TPSA) is 108 Å². The van der Waals surface area contributed by atoms with E-state index in [0.717, 1.165) is 51.4 Å². The number of allylic oxidation sites excluding steroid dienone is 9. The van der Waals surface area contributed by atoms with Crippen LogP contribution in [0.4, 0.5) is 0 Å². The fraction of sp³-hybridized carbons (Fsp3) is 0.828. The number of aliphatic hydroxyl groups excluding tert-OH is 1. The van der Waals surface area contributed by atoms with Gasteiger partial charge in [0.1, 0.15) is 13.2 Å². The van der Waals surface area contributed by atoms with E-state index < -0.39 is 26.6 Å². The van der Waals surface area contributed by atoms with Gasteiger partial charge in [0.05, 0.1) is 39.9 Å². The highest BCUT2D eigenvalue weighted by Crippen LogP contribution is 2.38. The molecule has 73 heavy (non-hydrogen) atoms. The normalized spacial score (nSPS) is 14.2. The van der Waals surface area contributed by atoms with Crippen LogP contribution in [0, 0.1) is 0 Å². The highest BCUT2D eigenvalue weighted by molar-refractivity contribution is 7.45. The zero-order valence-corrected chi connectivity index (χ0v) is 49.7. The maximum Gasteiger partial charge on any atom is 0.268 e. The van der Waals surface area contributed by atoms with Crippen LogP contribution in [0.25, 0.3) is 0 Å². The first-order valence-electron chi connectivity index (χ1n) is 31.2. The minimum atomic E-state index is -4.61. The van der Waals surface area contributed by atoms with Gasteiger partial charge in [0.15, 0.2) is 0 Å². The number of quaternary nitrogens is 1. The van der Waals surface area contributed by atoms with E-state index >= 15 is 0 Å². The third kappa shape index (κ3) is 57.7. The van der Waals surface area contributed by atoms with Gasteiger partial charge >= 0.3 is 0 Å². The van der Waals surface area contributed by atoms with E-state index in [2.05, 4.69) is 67.8 Å². The SMILES string of the molecule is CCCCCCC/C=C\C/C=C\CCCCCCCCCCCCCC(=O)NC(COP(=O)([O-])OCC[N+](C)(C)C)C(O)/C=C/CC/C=C/CC/C=C/CCCCCCCCCCCCCCCCCCCC. The van der Waals surface area contributed by atoms with Crippen LogP contribution in [0.2, 0.25) is 0 Å². The molecule has 0 aliphatic rings. The van der Waals surface area contributed by atoms with Crippen molar-refractivity contribution in [3.63, 3.8) is 0 Å². The first kappa shape index (κ1) is 71.2. The van der Waals surface area contributed by atoms with E-state index in [1.807, 2.05) is 27.2 Å². The molecule has 428 valence electrons. The van der Waals surface area contributed by atoms with Gasteiger partial charge in [-0.05, 0) is 77.0 Å². The molecule has 0 aliphatic carbocycles. The predicted molar refractivity (Wildman–Crippen MR) is 316 cm³/mol. The van der Waals surface area contributed by atoms with Crippen LogP contribution < -0.4 is 10.2 Å².